The van der Waals surface area contributed by atoms with Crippen LogP contribution >= 0.6 is 11.3 Å². The monoisotopic (exact) mass is 784 g/mol. The van der Waals surface area contributed by atoms with Gasteiger partial charge in [0.15, 0.2) is 0 Å². The zero-order valence-electron chi connectivity index (χ0n) is 33.4. The van der Waals surface area contributed by atoms with Gasteiger partial charge in [-0.25, -0.2) is 0 Å². The molecule has 0 amide bonds. The Hall–Kier alpha value is -6.94. The molecule has 1 aliphatic heterocycles. The van der Waals surface area contributed by atoms with Crippen LogP contribution < -0.4 is 4.90 Å². The summed E-state index contributed by atoms with van der Waals surface area (Å²) in [5.74, 6) is 0.238. The van der Waals surface area contributed by atoms with Crippen molar-refractivity contribution in [3.05, 3.63) is 216 Å². The van der Waals surface area contributed by atoms with Crippen LogP contribution in [0.4, 0.5) is 11.4 Å². The molecule has 2 aromatic heterocycles. The summed E-state index contributed by atoms with van der Waals surface area (Å²) in [4.78, 5) is 2.63. The van der Waals surface area contributed by atoms with Crippen molar-refractivity contribution >= 4 is 70.3 Å². The molecule has 0 radical (unpaired) electrons. The van der Waals surface area contributed by atoms with Gasteiger partial charge in [0.05, 0.1) is 17.1 Å². The van der Waals surface area contributed by atoms with Crippen molar-refractivity contribution in [2.45, 2.75) is 31.2 Å². The predicted molar refractivity (Wildman–Crippen MR) is 255 cm³/mol. The molecular weight excluding hydrogens is 745 g/mol. The number of thiophene rings is 1. The van der Waals surface area contributed by atoms with E-state index in [2.05, 4.69) is 217 Å². The van der Waals surface area contributed by atoms with E-state index in [1.54, 1.807) is 0 Å². The highest BCUT2D eigenvalue weighted by atomic mass is 32.1. The number of benzene rings is 8. The van der Waals surface area contributed by atoms with Gasteiger partial charge in [-0.3, -0.25) is 0 Å². The molecule has 2 unspecified atom stereocenters. The lowest BCUT2D eigenvalue weighted by Crippen LogP contribution is -2.29. The molecule has 2 atom stereocenters. The fraction of sp³-hybridized carbons (Fsp3) is 0.0877. The number of anilines is 2. The van der Waals surface area contributed by atoms with Crippen molar-refractivity contribution in [1.82, 2.24) is 4.57 Å². The third-order valence-electron chi connectivity index (χ3n) is 13.7. The van der Waals surface area contributed by atoms with Crippen molar-refractivity contribution in [1.29, 1.82) is 0 Å². The van der Waals surface area contributed by atoms with E-state index in [4.69, 9.17) is 0 Å². The lowest BCUT2D eigenvalue weighted by molar-refractivity contribution is 0.660. The number of para-hydroxylation sites is 3. The molecule has 284 valence electrons. The van der Waals surface area contributed by atoms with E-state index in [9.17, 15) is 0 Å². The number of aromatic nitrogens is 1. The molecular formula is C57H40N2S. The number of nitrogens with zero attached hydrogens (tertiary/aromatic N) is 2. The van der Waals surface area contributed by atoms with Crippen LogP contribution in [0.2, 0.25) is 0 Å². The maximum atomic E-state index is 2.63. The topological polar surface area (TPSA) is 8.17 Å². The van der Waals surface area contributed by atoms with Crippen LogP contribution in [0.3, 0.4) is 0 Å². The van der Waals surface area contributed by atoms with E-state index >= 15 is 0 Å². The Morgan fingerprint density at radius 2 is 1.25 bits per heavy atom. The molecule has 10 aromatic rings. The van der Waals surface area contributed by atoms with E-state index in [0.717, 1.165) is 0 Å². The molecule has 13 rings (SSSR count). The molecule has 2 nitrogen and oxygen atoms in total. The average molecular weight is 785 g/mol. The van der Waals surface area contributed by atoms with Crippen molar-refractivity contribution in [2.24, 2.45) is 0 Å². The Bertz CT molecular complexity index is 3490. The number of allylic oxidation sites excluding steroid dienone is 2. The van der Waals surface area contributed by atoms with Gasteiger partial charge in [0.2, 0.25) is 0 Å². The Balaban J connectivity index is 0.994. The summed E-state index contributed by atoms with van der Waals surface area (Å²) < 4.78 is 5.09. The van der Waals surface area contributed by atoms with E-state index in [-0.39, 0.29) is 17.4 Å². The summed E-state index contributed by atoms with van der Waals surface area (Å²) in [6, 6.07) is 65.9. The maximum Gasteiger partial charge on any atom is 0.0635 e. The van der Waals surface area contributed by atoms with Gasteiger partial charge in [-0.05, 0) is 99.1 Å². The SMILES string of the molecule is CC1(C)c2ccccc2-c2ccc(-c3cc(N4c5ccccc5C5C=CC(c6ccc7c8ccccc8n(-c8ccccc8)c7c6)=CC54)cc4c3sc3ccccc34)cc21. The molecule has 8 aromatic carbocycles. The van der Waals surface area contributed by atoms with Crippen LogP contribution in [-0.4, -0.2) is 10.6 Å². The summed E-state index contributed by atoms with van der Waals surface area (Å²) in [5, 5.41) is 5.19. The highest BCUT2D eigenvalue weighted by Crippen LogP contribution is 2.54. The molecule has 0 N–H and O–H groups in total. The number of fused-ring (bicyclic) bond motifs is 12. The number of hydrogen-bond donors (Lipinski definition) is 0. The summed E-state index contributed by atoms with van der Waals surface area (Å²) in [5.41, 5.74) is 18.0. The second-order valence-electron chi connectivity index (χ2n) is 17.2. The van der Waals surface area contributed by atoms with Crippen molar-refractivity contribution in [3.8, 4) is 27.9 Å². The zero-order valence-corrected chi connectivity index (χ0v) is 34.2. The lowest BCUT2D eigenvalue weighted by Gasteiger charge is -2.31. The van der Waals surface area contributed by atoms with Gasteiger partial charge < -0.3 is 9.47 Å². The number of hydrogen-bond acceptors (Lipinski definition) is 2. The van der Waals surface area contributed by atoms with Crippen LogP contribution in [-0.2, 0) is 5.41 Å². The fourth-order valence-corrected chi connectivity index (χ4v) is 12.1. The van der Waals surface area contributed by atoms with E-state index in [1.807, 2.05) is 11.3 Å². The minimum atomic E-state index is -0.0754. The molecule has 0 bridgehead atoms. The average Bonchev–Trinajstić information content (AvgIpc) is 4.01. The zero-order chi connectivity index (χ0) is 39.7. The van der Waals surface area contributed by atoms with Crippen molar-refractivity contribution in [2.75, 3.05) is 4.90 Å². The van der Waals surface area contributed by atoms with Crippen LogP contribution in [0.5, 0.6) is 0 Å². The maximum absolute atomic E-state index is 2.63. The first kappa shape index (κ1) is 34.0. The Labute approximate surface area is 353 Å². The van der Waals surface area contributed by atoms with Gasteiger partial charge in [-0.15, -0.1) is 11.3 Å². The molecule has 3 heterocycles. The Morgan fingerprint density at radius 1 is 0.517 bits per heavy atom. The molecule has 0 saturated carbocycles. The fourth-order valence-electron chi connectivity index (χ4n) is 10.9. The van der Waals surface area contributed by atoms with E-state index in [1.165, 1.54) is 109 Å². The summed E-state index contributed by atoms with van der Waals surface area (Å²) in [7, 11) is 0. The first-order valence-electron chi connectivity index (χ1n) is 21.1. The van der Waals surface area contributed by atoms with Crippen LogP contribution in [0.25, 0.3) is 75.5 Å². The second kappa shape index (κ2) is 12.5. The molecule has 0 fully saturated rings. The van der Waals surface area contributed by atoms with Gasteiger partial charge in [-0.2, -0.15) is 0 Å². The highest BCUT2D eigenvalue weighted by Gasteiger charge is 2.39. The molecule has 3 heteroatoms. The largest absolute Gasteiger partial charge is 0.333 e. The quantitative estimate of drug-likeness (QED) is 0.173. The summed E-state index contributed by atoms with van der Waals surface area (Å²) in [6.07, 6.45) is 7.35. The van der Waals surface area contributed by atoms with Gasteiger partial charge in [0, 0.05) is 64.9 Å². The highest BCUT2D eigenvalue weighted by molar-refractivity contribution is 7.26. The van der Waals surface area contributed by atoms with Crippen LogP contribution in [0.15, 0.2) is 194 Å². The molecule has 60 heavy (non-hydrogen) atoms. The summed E-state index contributed by atoms with van der Waals surface area (Å²) in [6.45, 7) is 4.77. The van der Waals surface area contributed by atoms with Crippen molar-refractivity contribution in [3.63, 3.8) is 0 Å². The minimum absolute atomic E-state index is 0.0754. The summed E-state index contributed by atoms with van der Waals surface area (Å²) >= 11 is 1.92. The van der Waals surface area contributed by atoms with Crippen molar-refractivity contribution < 1.29 is 0 Å². The third-order valence-corrected chi connectivity index (χ3v) is 14.9. The normalized spacial score (nSPS) is 17.3. The molecule has 0 spiro atoms. The first-order chi connectivity index (χ1) is 29.5. The second-order valence-corrected chi connectivity index (χ2v) is 18.3. The van der Waals surface area contributed by atoms with Gasteiger partial charge >= 0.3 is 0 Å². The predicted octanol–water partition coefficient (Wildman–Crippen LogP) is 15.4. The Kier molecular flexibility index (Phi) is 7.10. The standard InChI is InChI=1S/C57H40N2S/c1-57(2)49-20-10-6-16-40(49)41-27-26-37(30-50(41)57)47-33-39(34-48-46-19-9-13-23-55(46)60-56(47)48)59-52-22-12-8-18-43(52)45-29-25-36(32-54(45)59)35-24-28-44-42-17-7-11-21-51(42)58(53(44)31-35)38-14-4-3-5-15-38/h3-34,45,54H,1-2H3. The Morgan fingerprint density at radius 3 is 2.17 bits per heavy atom. The van der Waals surface area contributed by atoms with Gasteiger partial charge in [-0.1, -0.05) is 153 Å². The molecule has 2 aliphatic carbocycles. The van der Waals surface area contributed by atoms with E-state index in [0.29, 0.717) is 0 Å². The van der Waals surface area contributed by atoms with Gasteiger partial charge in [0.1, 0.15) is 0 Å². The van der Waals surface area contributed by atoms with Gasteiger partial charge in [0.25, 0.3) is 0 Å². The first-order valence-corrected chi connectivity index (χ1v) is 21.9. The molecule has 3 aliphatic rings. The smallest absolute Gasteiger partial charge is 0.0635 e. The third kappa shape index (κ3) is 4.75. The number of rotatable bonds is 4. The lowest BCUT2D eigenvalue weighted by atomic mass is 9.81. The van der Waals surface area contributed by atoms with Crippen LogP contribution in [0.1, 0.15) is 42.0 Å². The van der Waals surface area contributed by atoms with E-state index < -0.39 is 0 Å². The minimum Gasteiger partial charge on any atom is -0.333 e. The van der Waals surface area contributed by atoms with Crippen LogP contribution in [0, 0.1) is 0 Å². The molecule has 0 saturated heterocycles.